The number of aryl methyl sites for hydroxylation is 1. The minimum atomic E-state index is 0.721. The Hall–Kier alpha value is -2.23. The van der Waals surface area contributed by atoms with Gasteiger partial charge >= 0.3 is 0 Å². The second-order valence-corrected chi connectivity index (χ2v) is 3.73. The van der Waals surface area contributed by atoms with Crippen molar-refractivity contribution in [1.82, 2.24) is 20.2 Å². The van der Waals surface area contributed by atoms with Crippen LogP contribution in [-0.4, -0.2) is 20.2 Å². The first kappa shape index (κ1) is 9.03. The van der Waals surface area contributed by atoms with Gasteiger partial charge in [-0.2, -0.15) is 5.10 Å². The number of hydrogen-bond donors (Lipinski definition) is 1. The largest absolute Gasteiger partial charge is 0.328 e. The number of imidazole rings is 1. The van der Waals surface area contributed by atoms with E-state index in [1.807, 2.05) is 6.07 Å². The summed E-state index contributed by atoms with van der Waals surface area (Å²) in [5, 5.41) is 7.95. The predicted octanol–water partition coefficient (Wildman–Crippen LogP) is 2.33. The van der Waals surface area contributed by atoms with E-state index in [9.17, 15) is 0 Å². The third kappa shape index (κ3) is 1.35. The first-order valence-electron chi connectivity index (χ1n) is 5.06. The summed E-state index contributed by atoms with van der Waals surface area (Å²) in [6.45, 7) is 2.07. The van der Waals surface area contributed by atoms with E-state index in [2.05, 4.69) is 45.3 Å². The van der Waals surface area contributed by atoms with Crippen LogP contribution in [0.15, 0.2) is 36.8 Å². The molecule has 3 rings (SSSR count). The van der Waals surface area contributed by atoms with E-state index in [0.29, 0.717) is 0 Å². The molecule has 0 saturated heterocycles. The van der Waals surface area contributed by atoms with Crippen molar-refractivity contribution in [2.45, 2.75) is 6.92 Å². The average molecular weight is 210 g/mol. The third-order valence-corrected chi connectivity index (χ3v) is 2.55. The molecule has 0 unspecified atom stereocenters. The summed E-state index contributed by atoms with van der Waals surface area (Å²) in [5.41, 5.74) is 4.93. The molecule has 78 valence electrons. The minimum Gasteiger partial charge on any atom is -0.328 e. The Bertz CT molecular complexity index is 642. The molecule has 0 spiro atoms. The van der Waals surface area contributed by atoms with Gasteiger partial charge in [-0.1, -0.05) is 29.8 Å². The van der Waals surface area contributed by atoms with E-state index in [1.165, 1.54) is 5.56 Å². The summed E-state index contributed by atoms with van der Waals surface area (Å²) < 4.78 is 0. The Balaban J connectivity index is 2.29. The highest BCUT2D eigenvalue weighted by atomic mass is 15.1. The molecule has 0 aliphatic carbocycles. The molecular formula is C12H10N4. The van der Waals surface area contributed by atoms with Crippen molar-refractivity contribution in [2.24, 2.45) is 0 Å². The maximum absolute atomic E-state index is 4.27. The quantitative estimate of drug-likeness (QED) is 0.670. The van der Waals surface area contributed by atoms with Gasteiger partial charge in [0.05, 0.1) is 12.5 Å². The van der Waals surface area contributed by atoms with Crippen LogP contribution >= 0.6 is 0 Å². The fraction of sp³-hybridized carbons (Fsp3) is 0.0833. The van der Waals surface area contributed by atoms with Gasteiger partial charge in [0.15, 0.2) is 5.65 Å². The van der Waals surface area contributed by atoms with Crippen LogP contribution in [0.25, 0.3) is 22.3 Å². The maximum atomic E-state index is 4.27. The second-order valence-electron chi connectivity index (χ2n) is 3.73. The zero-order valence-electron chi connectivity index (χ0n) is 8.81. The molecule has 4 nitrogen and oxygen atoms in total. The zero-order valence-corrected chi connectivity index (χ0v) is 8.81. The van der Waals surface area contributed by atoms with Gasteiger partial charge in [-0.3, -0.25) is 0 Å². The van der Waals surface area contributed by atoms with E-state index < -0.39 is 0 Å². The van der Waals surface area contributed by atoms with Gasteiger partial charge in [0, 0.05) is 5.56 Å². The molecule has 16 heavy (non-hydrogen) atoms. The summed E-state index contributed by atoms with van der Waals surface area (Å²) in [4.78, 5) is 7.23. The normalized spacial score (nSPS) is 10.8. The minimum absolute atomic E-state index is 0.721. The third-order valence-electron chi connectivity index (χ3n) is 2.55. The van der Waals surface area contributed by atoms with Crippen molar-refractivity contribution in [3.05, 3.63) is 42.4 Å². The van der Waals surface area contributed by atoms with Crippen LogP contribution in [0, 0.1) is 6.92 Å². The van der Waals surface area contributed by atoms with Gasteiger partial charge in [-0.25, -0.2) is 4.98 Å². The smallest absolute Gasteiger partial charge is 0.180 e. The Morgan fingerprint density at radius 1 is 1.25 bits per heavy atom. The van der Waals surface area contributed by atoms with Crippen LogP contribution in [0.3, 0.4) is 0 Å². The Morgan fingerprint density at radius 3 is 3.06 bits per heavy atom. The van der Waals surface area contributed by atoms with Crippen molar-refractivity contribution < 1.29 is 0 Å². The van der Waals surface area contributed by atoms with Gasteiger partial charge in [-0.15, -0.1) is 5.10 Å². The van der Waals surface area contributed by atoms with E-state index in [4.69, 9.17) is 0 Å². The van der Waals surface area contributed by atoms with Crippen LogP contribution in [0.5, 0.6) is 0 Å². The molecule has 0 aliphatic rings. The number of nitrogens with zero attached hydrogens (tertiary/aromatic N) is 3. The fourth-order valence-corrected chi connectivity index (χ4v) is 1.79. The van der Waals surface area contributed by atoms with Crippen LogP contribution in [0.4, 0.5) is 0 Å². The van der Waals surface area contributed by atoms with Gasteiger partial charge in [0.25, 0.3) is 0 Å². The highest BCUT2D eigenvalue weighted by molar-refractivity contribution is 5.88. The van der Waals surface area contributed by atoms with Crippen LogP contribution in [-0.2, 0) is 0 Å². The summed E-state index contributed by atoms with van der Waals surface area (Å²) >= 11 is 0. The standard InChI is InChI=1S/C12H10N4/c1-8-3-2-4-9(5-8)10-6-15-16-12-11(10)13-7-14-12/h2-7H,1H3,(H,13,14,16). The molecule has 2 heterocycles. The first-order valence-corrected chi connectivity index (χ1v) is 5.06. The Kier molecular flexibility index (Phi) is 1.93. The summed E-state index contributed by atoms with van der Waals surface area (Å²) in [6.07, 6.45) is 3.39. The number of fused-ring (bicyclic) bond motifs is 1. The number of aromatic amines is 1. The monoisotopic (exact) mass is 210 g/mol. The fourth-order valence-electron chi connectivity index (χ4n) is 1.79. The molecule has 1 N–H and O–H groups in total. The molecule has 0 aliphatic heterocycles. The van der Waals surface area contributed by atoms with Gasteiger partial charge in [0.2, 0.25) is 0 Å². The number of hydrogen-bond acceptors (Lipinski definition) is 3. The lowest BCUT2D eigenvalue weighted by Crippen LogP contribution is -1.87. The van der Waals surface area contributed by atoms with E-state index in [0.717, 1.165) is 22.3 Å². The molecule has 1 aromatic carbocycles. The molecule has 0 radical (unpaired) electrons. The molecule has 0 saturated carbocycles. The lowest BCUT2D eigenvalue weighted by molar-refractivity contribution is 1.06. The number of rotatable bonds is 1. The zero-order chi connectivity index (χ0) is 11.0. The Labute approximate surface area is 92.4 Å². The second kappa shape index (κ2) is 3.41. The number of H-pyrrole nitrogens is 1. The number of nitrogens with one attached hydrogen (secondary N) is 1. The molecule has 2 aromatic heterocycles. The average Bonchev–Trinajstić information content (AvgIpc) is 2.76. The van der Waals surface area contributed by atoms with Crippen LogP contribution in [0.2, 0.25) is 0 Å². The van der Waals surface area contributed by atoms with E-state index in [-0.39, 0.29) is 0 Å². The number of benzene rings is 1. The SMILES string of the molecule is Cc1cccc(-c2cnnc3[nH]cnc23)c1. The van der Waals surface area contributed by atoms with E-state index in [1.54, 1.807) is 12.5 Å². The lowest BCUT2D eigenvalue weighted by atomic mass is 10.1. The highest BCUT2D eigenvalue weighted by Crippen LogP contribution is 2.24. The first-order chi connectivity index (χ1) is 7.84. The van der Waals surface area contributed by atoms with Crippen LogP contribution in [0.1, 0.15) is 5.56 Å². The Morgan fingerprint density at radius 2 is 2.19 bits per heavy atom. The van der Waals surface area contributed by atoms with Crippen molar-refractivity contribution in [2.75, 3.05) is 0 Å². The molecule has 4 heteroatoms. The predicted molar refractivity (Wildman–Crippen MR) is 61.9 cm³/mol. The summed E-state index contributed by atoms with van der Waals surface area (Å²) in [7, 11) is 0. The molecule has 0 fully saturated rings. The van der Waals surface area contributed by atoms with Gasteiger partial charge in [0.1, 0.15) is 5.52 Å². The molecule has 0 amide bonds. The van der Waals surface area contributed by atoms with Crippen molar-refractivity contribution in [3.63, 3.8) is 0 Å². The number of aromatic nitrogens is 4. The van der Waals surface area contributed by atoms with Crippen molar-refractivity contribution in [3.8, 4) is 11.1 Å². The van der Waals surface area contributed by atoms with Crippen LogP contribution < -0.4 is 0 Å². The highest BCUT2D eigenvalue weighted by Gasteiger charge is 2.07. The molecule has 0 bridgehead atoms. The molecule has 0 atom stereocenters. The van der Waals surface area contributed by atoms with E-state index >= 15 is 0 Å². The molecular weight excluding hydrogens is 200 g/mol. The van der Waals surface area contributed by atoms with Gasteiger partial charge in [-0.05, 0) is 12.5 Å². The molecule has 3 aromatic rings. The van der Waals surface area contributed by atoms with Crippen molar-refractivity contribution in [1.29, 1.82) is 0 Å². The lowest BCUT2D eigenvalue weighted by Gasteiger charge is -2.02. The summed E-state index contributed by atoms with van der Waals surface area (Å²) in [6, 6.07) is 8.27. The summed E-state index contributed by atoms with van der Waals surface area (Å²) in [5.74, 6) is 0. The van der Waals surface area contributed by atoms with Gasteiger partial charge < -0.3 is 4.98 Å². The van der Waals surface area contributed by atoms with Crippen molar-refractivity contribution >= 4 is 11.2 Å². The topological polar surface area (TPSA) is 54.5 Å². The maximum Gasteiger partial charge on any atom is 0.180 e.